The molecule has 1 aromatic rings. The molecule has 96 valence electrons. The third-order valence-corrected chi connectivity index (χ3v) is 2.91. The largest absolute Gasteiger partial charge is 0.480 e. The van der Waals surface area contributed by atoms with Crippen LogP contribution in [0.4, 0.5) is 5.95 Å². The highest BCUT2D eigenvalue weighted by molar-refractivity contribution is 9.10. The minimum Gasteiger partial charge on any atom is -0.480 e. The van der Waals surface area contributed by atoms with Gasteiger partial charge in [-0.05, 0) is 29.4 Å². The smallest absolute Gasteiger partial charge is 0.232 e. The van der Waals surface area contributed by atoms with Gasteiger partial charge < -0.3 is 15.0 Å². The van der Waals surface area contributed by atoms with Gasteiger partial charge in [-0.15, -0.1) is 0 Å². The first-order chi connectivity index (χ1) is 8.22. The molecule has 0 radical (unpaired) electrons. The lowest BCUT2D eigenvalue weighted by Crippen LogP contribution is -2.33. The van der Waals surface area contributed by atoms with Gasteiger partial charge in [0.05, 0.1) is 17.8 Å². The van der Waals surface area contributed by atoms with Crippen molar-refractivity contribution in [1.82, 2.24) is 15.3 Å². The number of nitrogens with zero attached hydrogens (tertiary/aromatic N) is 3. The molecular formula is C11H19BrN4O. The minimum absolute atomic E-state index is 0.567. The molecule has 17 heavy (non-hydrogen) atoms. The zero-order chi connectivity index (χ0) is 12.7. The average molecular weight is 303 g/mol. The monoisotopic (exact) mass is 302 g/mol. The predicted octanol–water partition coefficient (Wildman–Crippen LogP) is 1.68. The second-order valence-corrected chi connectivity index (χ2v) is 4.31. The fraction of sp³-hybridized carbons (Fsp3) is 0.636. The molecule has 0 fully saturated rings. The van der Waals surface area contributed by atoms with Crippen LogP contribution < -0.4 is 15.0 Å². The van der Waals surface area contributed by atoms with Crippen molar-refractivity contribution < 1.29 is 4.74 Å². The maximum atomic E-state index is 5.17. The van der Waals surface area contributed by atoms with Crippen molar-refractivity contribution in [3.8, 4) is 5.88 Å². The van der Waals surface area contributed by atoms with Crippen molar-refractivity contribution >= 4 is 21.9 Å². The van der Waals surface area contributed by atoms with E-state index in [1.54, 1.807) is 13.3 Å². The number of rotatable bonds is 7. The van der Waals surface area contributed by atoms with E-state index >= 15 is 0 Å². The van der Waals surface area contributed by atoms with Crippen LogP contribution in [0.25, 0.3) is 0 Å². The molecule has 6 heteroatoms. The molecule has 0 unspecified atom stereocenters. The van der Waals surface area contributed by atoms with Crippen LogP contribution in [0.1, 0.15) is 13.8 Å². The summed E-state index contributed by atoms with van der Waals surface area (Å²) in [5.41, 5.74) is 0. The lowest BCUT2D eigenvalue weighted by atomic mass is 10.5. The summed E-state index contributed by atoms with van der Waals surface area (Å²) >= 11 is 3.34. The molecule has 1 aromatic heterocycles. The lowest BCUT2D eigenvalue weighted by Gasteiger charge is -2.21. The molecule has 5 nitrogen and oxygen atoms in total. The molecule has 0 spiro atoms. The molecule has 0 bridgehead atoms. The highest BCUT2D eigenvalue weighted by Crippen LogP contribution is 2.23. The molecule has 0 amide bonds. The van der Waals surface area contributed by atoms with Gasteiger partial charge >= 0.3 is 0 Å². The third-order valence-electron chi connectivity index (χ3n) is 2.37. The quantitative estimate of drug-likeness (QED) is 0.777. The van der Waals surface area contributed by atoms with E-state index in [0.29, 0.717) is 11.8 Å². The van der Waals surface area contributed by atoms with Crippen LogP contribution in [-0.2, 0) is 0 Å². The van der Waals surface area contributed by atoms with E-state index in [2.05, 4.69) is 50.0 Å². The predicted molar refractivity (Wildman–Crippen MR) is 72.7 cm³/mol. The molecule has 0 aliphatic heterocycles. The van der Waals surface area contributed by atoms with Crippen LogP contribution >= 0.6 is 15.9 Å². The second-order valence-electron chi connectivity index (χ2n) is 3.46. The van der Waals surface area contributed by atoms with E-state index in [4.69, 9.17) is 4.74 Å². The summed E-state index contributed by atoms with van der Waals surface area (Å²) in [5.74, 6) is 1.27. The van der Waals surface area contributed by atoms with E-state index in [1.165, 1.54) is 0 Å². The Bertz CT molecular complexity index is 348. The SMILES string of the molecule is CCNCCN(CC)c1ncc(Br)c(OC)n1. The molecule has 0 saturated heterocycles. The molecule has 0 atom stereocenters. The number of ether oxygens (including phenoxy) is 1. The number of anilines is 1. The maximum Gasteiger partial charge on any atom is 0.232 e. The van der Waals surface area contributed by atoms with Crippen LogP contribution in [0.3, 0.4) is 0 Å². The average Bonchev–Trinajstić information content (AvgIpc) is 2.36. The standard InChI is InChI=1S/C11H19BrN4O/c1-4-13-6-7-16(5-2)11-14-8-9(12)10(15-11)17-3/h8,13H,4-7H2,1-3H3. The molecule has 1 heterocycles. The lowest BCUT2D eigenvalue weighted by molar-refractivity contribution is 0.393. The Hall–Kier alpha value is -0.880. The third kappa shape index (κ3) is 4.12. The highest BCUT2D eigenvalue weighted by Gasteiger charge is 2.10. The number of hydrogen-bond acceptors (Lipinski definition) is 5. The first-order valence-electron chi connectivity index (χ1n) is 5.75. The van der Waals surface area contributed by atoms with Crippen LogP contribution in [0, 0.1) is 0 Å². The van der Waals surface area contributed by atoms with Gasteiger partial charge in [-0.1, -0.05) is 6.92 Å². The minimum atomic E-state index is 0.567. The molecule has 0 aliphatic carbocycles. The Labute approximate surface area is 111 Å². The van der Waals surface area contributed by atoms with Crippen LogP contribution in [-0.4, -0.2) is 43.3 Å². The number of likely N-dealkylation sites (N-methyl/N-ethyl adjacent to an activating group) is 2. The van der Waals surface area contributed by atoms with E-state index < -0.39 is 0 Å². The molecule has 0 aromatic carbocycles. The Morgan fingerprint density at radius 3 is 2.82 bits per heavy atom. The van der Waals surface area contributed by atoms with Crippen molar-refractivity contribution in [3.05, 3.63) is 10.7 Å². The van der Waals surface area contributed by atoms with Gasteiger partial charge in [-0.2, -0.15) is 4.98 Å². The van der Waals surface area contributed by atoms with Gasteiger partial charge in [0.2, 0.25) is 11.8 Å². The van der Waals surface area contributed by atoms with Crippen LogP contribution in [0.5, 0.6) is 5.88 Å². The fourth-order valence-corrected chi connectivity index (χ4v) is 1.78. The zero-order valence-corrected chi connectivity index (χ0v) is 12.1. The number of halogens is 1. The first kappa shape index (κ1) is 14.2. The maximum absolute atomic E-state index is 5.17. The Morgan fingerprint density at radius 2 is 2.24 bits per heavy atom. The normalized spacial score (nSPS) is 10.4. The van der Waals surface area contributed by atoms with Gasteiger partial charge in [-0.3, -0.25) is 0 Å². The van der Waals surface area contributed by atoms with E-state index in [-0.39, 0.29) is 0 Å². The summed E-state index contributed by atoms with van der Waals surface area (Å²) in [4.78, 5) is 10.8. The van der Waals surface area contributed by atoms with E-state index in [9.17, 15) is 0 Å². The number of hydrogen-bond donors (Lipinski definition) is 1. The van der Waals surface area contributed by atoms with E-state index in [1.807, 2.05) is 0 Å². The first-order valence-corrected chi connectivity index (χ1v) is 6.54. The van der Waals surface area contributed by atoms with Crippen molar-refractivity contribution in [2.45, 2.75) is 13.8 Å². The van der Waals surface area contributed by atoms with Gasteiger partial charge in [0, 0.05) is 19.6 Å². The van der Waals surface area contributed by atoms with Crippen molar-refractivity contribution in [2.75, 3.05) is 38.2 Å². The van der Waals surface area contributed by atoms with Crippen LogP contribution in [0.15, 0.2) is 10.7 Å². The van der Waals surface area contributed by atoms with Gasteiger partial charge in [0.25, 0.3) is 0 Å². The molecular weight excluding hydrogens is 284 g/mol. The summed E-state index contributed by atoms with van der Waals surface area (Å²) in [6.45, 7) is 7.83. The van der Waals surface area contributed by atoms with Gasteiger partial charge in [-0.25, -0.2) is 4.98 Å². The van der Waals surface area contributed by atoms with Gasteiger partial charge in [0.1, 0.15) is 0 Å². The molecule has 1 rings (SSSR count). The summed E-state index contributed by atoms with van der Waals surface area (Å²) < 4.78 is 5.94. The topological polar surface area (TPSA) is 50.3 Å². The Morgan fingerprint density at radius 1 is 1.47 bits per heavy atom. The number of aromatic nitrogens is 2. The molecule has 0 saturated carbocycles. The fourth-order valence-electron chi connectivity index (χ4n) is 1.43. The van der Waals surface area contributed by atoms with Gasteiger partial charge in [0.15, 0.2) is 0 Å². The van der Waals surface area contributed by atoms with Crippen molar-refractivity contribution in [1.29, 1.82) is 0 Å². The Kier molecular flexibility index (Phi) is 6.21. The summed E-state index contributed by atoms with van der Waals surface area (Å²) in [5, 5.41) is 3.29. The second kappa shape index (κ2) is 7.45. The van der Waals surface area contributed by atoms with Crippen molar-refractivity contribution in [2.24, 2.45) is 0 Å². The Balaban J connectivity index is 2.73. The molecule has 1 N–H and O–H groups in total. The zero-order valence-electron chi connectivity index (χ0n) is 10.5. The van der Waals surface area contributed by atoms with E-state index in [0.717, 1.165) is 30.7 Å². The van der Waals surface area contributed by atoms with Crippen molar-refractivity contribution in [3.63, 3.8) is 0 Å². The van der Waals surface area contributed by atoms with Crippen LogP contribution in [0.2, 0.25) is 0 Å². The summed E-state index contributed by atoms with van der Waals surface area (Å²) in [7, 11) is 1.60. The summed E-state index contributed by atoms with van der Waals surface area (Å²) in [6, 6.07) is 0. The molecule has 0 aliphatic rings. The summed E-state index contributed by atoms with van der Waals surface area (Å²) in [6.07, 6.45) is 1.72. The highest BCUT2D eigenvalue weighted by atomic mass is 79.9. The number of nitrogens with one attached hydrogen (secondary N) is 1. The number of methoxy groups -OCH3 is 1.